The minimum atomic E-state index is -0.763. The van der Waals surface area contributed by atoms with Crippen LogP contribution >= 0.6 is 0 Å². The molecular formula is C35H29NO. The first-order valence-electron chi connectivity index (χ1n) is 12.5. The third-order valence-corrected chi connectivity index (χ3v) is 6.64. The highest BCUT2D eigenvalue weighted by atomic mass is 16.1. The van der Waals surface area contributed by atoms with Gasteiger partial charge in [-0.15, -0.1) is 0 Å². The van der Waals surface area contributed by atoms with Crippen LogP contribution in [0.2, 0.25) is 0 Å². The first-order valence-corrected chi connectivity index (χ1v) is 12.5. The maximum absolute atomic E-state index is 13.9. The Bertz CT molecular complexity index is 1330. The van der Waals surface area contributed by atoms with Gasteiger partial charge in [0, 0.05) is 0 Å². The van der Waals surface area contributed by atoms with Gasteiger partial charge in [0.05, 0.1) is 11.6 Å². The zero-order valence-corrected chi connectivity index (χ0v) is 20.6. The van der Waals surface area contributed by atoms with Crippen molar-refractivity contribution in [3.05, 3.63) is 186 Å². The molecule has 0 spiro atoms. The number of carbonyl (C=O) groups is 1. The molecule has 0 radical (unpaired) electrons. The Kier molecular flexibility index (Phi) is 7.50. The number of rotatable bonds is 9. The predicted octanol–water partition coefficient (Wildman–Crippen LogP) is 7.59. The molecule has 0 amide bonds. The van der Waals surface area contributed by atoms with Crippen molar-refractivity contribution in [2.45, 2.75) is 11.6 Å². The van der Waals surface area contributed by atoms with E-state index >= 15 is 0 Å². The Hall–Kier alpha value is -4.53. The maximum Gasteiger partial charge on any atom is 0.177 e. The van der Waals surface area contributed by atoms with Crippen LogP contribution in [0.25, 0.3) is 6.08 Å². The van der Waals surface area contributed by atoms with Crippen LogP contribution in [0, 0.1) is 0 Å². The minimum absolute atomic E-state index is 0.0118. The Morgan fingerprint density at radius 2 is 0.919 bits per heavy atom. The van der Waals surface area contributed by atoms with Crippen LogP contribution in [0.5, 0.6) is 0 Å². The van der Waals surface area contributed by atoms with Crippen LogP contribution in [0.3, 0.4) is 0 Å². The van der Waals surface area contributed by atoms with E-state index in [1.54, 1.807) is 6.08 Å². The van der Waals surface area contributed by atoms with Gasteiger partial charge >= 0.3 is 0 Å². The SMILES string of the molecule is O=C(/C=C/c1ccccc1)[C@H](NC(c1ccccc1)(c1ccccc1)c1ccccc1)c1ccccc1. The first kappa shape index (κ1) is 24.2. The Morgan fingerprint density at radius 1 is 0.541 bits per heavy atom. The van der Waals surface area contributed by atoms with Crippen LogP contribution in [-0.2, 0) is 10.3 Å². The molecular weight excluding hydrogens is 450 g/mol. The summed E-state index contributed by atoms with van der Waals surface area (Å²) in [5.74, 6) is -0.0118. The van der Waals surface area contributed by atoms with Gasteiger partial charge in [-0.1, -0.05) is 158 Å². The Labute approximate surface area is 219 Å². The highest BCUT2D eigenvalue weighted by Gasteiger charge is 2.39. The van der Waals surface area contributed by atoms with Gasteiger partial charge in [-0.05, 0) is 33.9 Å². The zero-order chi connectivity index (χ0) is 25.3. The van der Waals surface area contributed by atoms with Crippen LogP contribution in [0.1, 0.15) is 33.9 Å². The molecule has 0 aliphatic carbocycles. The van der Waals surface area contributed by atoms with Gasteiger partial charge in [0.1, 0.15) is 0 Å². The first-order chi connectivity index (χ1) is 18.3. The molecule has 2 nitrogen and oxygen atoms in total. The van der Waals surface area contributed by atoms with E-state index in [4.69, 9.17) is 0 Å². The van der Waals surface area contributed by atoms with E-state index in [1.807, 2.05) is 121 Å². The average molecular weight is 480 g/mol. The summed E-state index contributed by atoms with van der Waals surface area (Å²) in [4.78, 5) is 13.9. The molecule has 1 atom stereocenters. The summed E-state index contributed by atoms with van der Waals surface area (Å²) in [5, 5.41) is 3.87. The lowest BCUT2D eigenvalue weighted by Crippen LogP contribution is -2.48. The average Bonchev–Trinajstić information content (AvgIpc) is 2.99. The van der Waals surface area contributed by atoms with Gasteiger partial charge in [0.25, 0.3) is 0 Å². The van der Waals surface area contributed by atoms with Gasteiger partial charge < -0.3 is 0 Å². The Balaban J connectivity index is 1.69. The summed E-state index contributed by atoms with van der Waals surface area (Å²) in [6.45, 7) is 0. The number of carbonyl (C=O) groups excluding carboxylic acids is 1. The maximum atomic E-state index is 13.9. The molecule has 2 heteroatoms. The van der Waals surface area contributed by atoms with Crippen molar-refractivity contribution in [3.8, 4) is 0 Å². The quantitative estimate of drug-likeness (QED) is 0.174. The molecule has 0 aliphatic heterocycles. The molecule has 1 N–H and O–H groups in total. The van der Waals surface area contributed by atoms with E-state index in [0.29, 0.717) is 0 Å². The molecule has 5 rings (SSSR count). The molecule has 0 aromatic heterocycles. The number of ketones is 1. The molecule has 0 bridgehead atoms. The second-order valence-electron chi connectivity index (χ2n) is 8.98. The highest BCUT2D eigenvalue weighted by molar-refractivity contribution is 5.98. The molecule has 5 aromatic carbocycles. The molecule has 0 saturated heterocycles. The van der Waals surface area contributed by atoms with Crippen LogP contribution in [0.15, 0.2) is 158 Å². The van der Waals surface area contributed by atoms with Crippen LogP contribution < -0.4 is 5.32 Å². The van der Waals surface area contributed by atoms with Gasteiger partial charge in [-0.2, -0.15) is 0 Å². The van der Waals surface area contributed by atoms with Crippen molar-refractivity contribution in [2.24, 2.45) is 0 Å². The lowest BCUT2D eigenvalue weighted by Gasteiger charge is -2.40. The van der Waals surface area contributed by atoms with E-state index in [0.717, 1.165) is 27.8 Å². The van der Waals surface area contributed by atoms with Crippen molar-refractivity contribution in [2.75, 3.05) is 0 Å². The van der Waals surface area contributed by atoms with E-state index in [-0.39, 0.29) is 5.78 Å². The molecule has 37 heavy (non-hydrogen) atoms. The van der Waals surface area contributed by atoms with Crippen molar-refractivity contribution in [3.63, 3.8) is 0 Å². The summed E-state index contributed by atoms with van der Waals surface area (Å²) < 4.78 is 0. The van der Waals surface area contributed by atoms with Crippen molar-refractivity contribution < 1.29 is 4.79 Å². The summed E-state index contributed by atoms with van der Waals surface area (Å²) in [6.07, 6.45) is 3.57. The smallest absolute Gasteiger partial charge is 0.177 e. The number of benzene rings is 5. The topological polar surface area (TPSA) is 29.1 Å². The number of hydrogen-bond donors (Lipinski definition) is 1. The van der Waals surface area contributed by atoms with Gasteiger partial charge in [-0.3, -0.25) is 10.1 Å². The lowest BCUT2D eigenvalue weighted by atomic mass is 9.76. The highest BCUT2D eigenvalue weighted by Crippen LogP contribution is 2.39. The third-order valence-electron chi connectivity index (χ3n) is 6.64. The molecule has 0 saturated carbocycles. The normalized spacial score (nSPS) is 12.3. The number of nitrogens with one attached hydrogen (secondary N) is 1. The zero-order valence-electron chi connectivity index (χ0n) is 20.6. The largest absolute Gasteiger partial charge is 0.293 e. The fraction of sp³-hybridized carbons (Fsp3) is 0.0571. The third kappa shape index (κ3) is 5.35. The standard InChI is InChI=1S/C35H29NO/c37-33(27-26-28-16-6-1-7-17-28)34(29-18-8-2-9-19-29)36-35(30-20-10-3-11-21-30,31-22-12-4-13-23-31)32-24-14-5-15-25-32/h1-27,34,36H/b27-26+/t34-/m1/s1. The van der Waals surface area contributed by atoms with Crippen molar-refractivity contribution in [1.29, 1.82) is 0 Å². The number of hydrogen-bond acceptors (Lipinski definition) is 2. The van der Waals surface area contributed by atoms with E-state index < -0.39 is 11.6 Å². The second-order valence-corrected chi connectivity index (χ2v) is 8.98. The molecule has 0 heterocycles. The predicted molar refractivity (Wildman–Crippen MR) is 152 cm³/mol. The molecule has 5 aromatic rings. The molecule has 0 unspecified atom stereocenters. The van der Waals surface area contributed by atoms with Gasteiger partial charge in [0.15, 0.2) is 5.78 Å². The molecule has 180 valence electrons. The van der Waals surface area contributed by atoms with E-state index in [2.05, 4.69) is 41.7 Å². The fourth-order valence-corrected chi connectivity index (χ4v) is 4.83. The summed E-state index contributed by atoms with van der Waals surface area (Å²) in [5.41, 5.74) is 4.33. The Morgan fingerprint density at radius 3 is 1.35 bits per heavy atom. The molecule has 0 fully saturated rings. The van der Waals surface area contributed by atoms with Gasteiger partial charge in [-0.25, -0.2) is 0 Å². The second kappa shape index (κ2) is 11.5. The fourth-order valence-electron chi connectivity index (χ4n) is 4.83. The summed E-state index contributed by atoms with van der Waals surface area (Å²) in [7, 11) is 0. The molecule has 0 aliphatic rings. The lowest BCUT2D eigenvalue weighted by molar-refractivity contribution is -0.117. The van der Waals surface area contributed by atoms with Gasteiger partial charge in [0.2, 0.25) is 0 Å². The monoisotopic (exact) mass is 479 g/mol. The van der Waals surface area contributed by atoms with Crippen LogP contribution in [0.4, 0.5) is 0 Å². The minimum Gasteiger partial charge on any atom is -0.293 e. The summed E-state index contributed by atoms with van der Waals surface area (Å²) in [6, 6.07) is 50.4. The van der Waals surface area contributed by atoms with Crippen molar-refractivity contribution in [1.82, 2.24) is 5.32 Å². The van der Waals surface area contributed by atoms with Crippen LogP contribution in [-0.4, -0.2) is 5.78 Å². The van der Waals surface area contributed by atoms with E-state index in [9.17, 15) is 4.79 Å². The van der Waals surface area contributed by atoms with Crippen molar-refractivity contribution >= 4 is 11.9 Å². The van der Waals surface area contributed by atoms with E-state index in [1.165, 1.54) is 0 Å². The summed E-state index contributed by atoms with van der Waals surface area (Å²) >= 11 is 0.